The van der Waals surface area contributed by atoms with E-state index in [-0.39, 0.29) is 45.3 Å². The second-order valence-corrected chi connectivity index (χ2v) is 14.9. The van der Waals surface area contributed by atoms with Gasteiger partial charge in [0.2, 0.25) is 10.0 Å². The second-order valence-electron chi connectivity index (χ2n) is 12.1. The Hall–Kier alpha value is -1.74. The molecule has 0 bridgehead atoms. The normalized spacial score (nSPS) is 14.6. The summed E-state index contributed by atoms with van der Waals surface area (Å²) in [5, 5.41) is 5.74. The number of sulfonamides is 1. The van der Waals surface area contributed by atoms with E-state index in [1.807, 2.05) is 65.8 Å². The van der Waals surface area contributed by atoms with Crippen LogP contribution in [0.3, 0.4) is 0 Å². The molecular weight excluding hydrogens is 518 g/mol. The van der Waals surface area contributed by atoms with E-state index in [0.29, 0.717) is 29.5 Å². The minimum absolute atomic E-state index is 0.00572. The first-order valence-corrected chi connectivity index (χ1v) is 16.6. The predicted octanol–water partition coefficient (Wildman–Crippen LogP) is 7.76. The highest BCUT2D eigenvalue weighted by Gasteiger charge is 2.29. The Bertz CT molecular complexity index is 1250. The van der Waals surface area contributed by atoms with Crippen molar-refractivity contribution < 1.29 is 21.4 Å². The number of nitrogens with two attached hydrogens (primary N) is 1. The van der Waals surface area contributed by atoms with Gasteiger partial charge in [-0.25, -0.2) is 13.6 Å². The summed E-state index contributed by atoms with van der Waals surface area (Å²) in [5.41, 5.74) is 4.77. The molecule has 0 saturated heterocycles. The van der Waals surface area contributed by atoms with Crippen molar-refractivity contribution in [1.82, 2.24) is 0 Å². The van der Waals surface area contributed by atoms with E-state index in [1.54, 1.807) is 0 Å². The molecule has 214 valence electrons. The van der Waals surface area contributed by atoms with E-state index in [1.165, 1.54) is 0 Å². The van der Waals surface area contributed by atoms with Crippen LogP contribution in [0.5, 0.6) is 0 Å². The number of rotatable bonds is 11. The first-order valence-electron chi connectivity index (χ1n) is 13.6. The molecule has 0 aliphatic rings. The van der Waals surface area contributed by atoms with Crippen molar-refractivity contribution in [1.29, 1.82) is 0 Å². The van der Waals surface area contributed by atoms with Gasteiger partial charge in [0.05, 0.1) is 4.90 Å². The summed E-state index contributed by atoms with van der Waals surface area (Å²) in [6, 6.07) is 7.71. The van der Waals surface area contributed by atoms with Crippen LogP contribution < -0.4 is 5.14 Å². The van der Waals surface area contributed by atoms with Crippen molar-refractivity contribution in [3.63, 3.8) is 0 Å². The Morgan fingerprint density at radius 3 is 1.18 bits per heavy atom. The second kappa shape index (κ2) is 12.2. The first-order chi connectivity index (χ1) is 17.3. The van der Waals surface area contributed by atoms with Gasteiger partial charge >= 0.3 is 0 Å². The molecule has 2 unspecified atom stereocenters. The number of hydrogen-bond acceptors (Lipinski definition) is 4. The highest BCUT2D eigenvalue weighted by molar-refractivity contribution is 7.89. The molecule has 0 spiro atoms. The number of primary sulfonamides is 1. The average Bonchev–Trinajstić information content (AvgIpc) is 2.78. The largest absolute Gasteiger partial charge is 0.295 e. The zero-order valence-electron chi connectivity index (χ0n) is 24.7. The third-order valence-electron chi connectivity index (χ3n) is 7.55. The van der Waals surface area contributed by atoms with E-state index in [0.717, 1.165) is 16.7 Å². The maximum atomic E-state index is 12.8. The molecule has 8 heteroatoms. The van der Waals surface area contributed by atoms with E-state index in [4.69, 9.17) is 5.14 Å². The lowest BCUT2D eigenvalue weighted by Crippen LogP contribution is -2.19. The van der Waals surface area contributed by atoms with Crippen LogP contribution in [0.1, 0.15) is 151 Å². The molecule has 0 heterocycles. The quantitative estimate of drug-likeness (QED) is 0.270. The van der Waals surface area contributed by atoms with Gasteiger partial charge < -0.3 is 0 Å². The smallest absolute Gasteiger partial charge is 0.282 e. The molecule has 0 saturated carbocycles. The molecule has 0 fully saturated rings. The van der Waals surface area contributed by atoms with Crippen molar-refractivity contribution in [2.45, 2.75) is 127 Å². The topological polar surface area (TPSA) is 115 Å². The summed E-state index contributed by atoms with van der Waals surface area (Å²) < 4.78 is 60.9. The first kappa shape index (κ1) is 32.5. The molecule has 0 aliphatic carbocycles. The average molecular weight is 566 g/mol. The van der Waals surface area contributed by atoms with Crippen LogP contribution in [0, 0.1) is 0 Å². The zero-order valence-corrected chi connectivity index (χ0v) is 26.3. The van der Waals surface area contributed by atoms with Gasteiger partial charge in [0.15, 0.2) is 0 Å². The summed E-state index contributed by atoms with van der Waals surface area (Å²) in [4.78, 5) is 0.214. The van der Waals surface area contributed by atoms with Gasteiger partial charge in [-0.05, 0) is 81.7 Å². The highest BCUT2D eigenvalue weighted by Crippen LogP contribution is 2.40. The van der Waals surface area contributed by atoms with Crippen LogP contribution in [-0.4, -0.2) is 21.4 Å². The Morgan fingerprint density at radius 1 is 0.579 bits per heavy atom. The van der Waals surface area contributed by atoms with E-state index >= 15 is 0 Å². The summed E-state index contributed by atoms with van der Waals surface area (Å²) in [7, 11) is -8.40. The predicted molar refractivity (Wildman–Crippen MR) is 156 cm³/mol. The lowest BCUT2D eigenvalue weighted by molar-refractivity contribution is 0.476. The van der Waals surface area contributed by atoms with E-state index in [9.17, 15) is 21.4 Å². The molecule has 0 aliphatic heterocycles. The minimum atomic E-state index is -4.44. The monoisotopic (exact) mass is 565 g/mol. The van der Waals surface area contributed by atoms with Crippen LogP contribution >= 0.6 is 0 Å². The van der Waals surface area contributed by atoms with Crippen molar-refractivity contribution >= 4 is 20.1 Å². The van der Waals surface area contributed by atoms with Gasteiger partial charge in [0.25, 0.3) is 10.1 Å². The van der Waals surface area contributed by atoms with Crippen LogP contribution in [-0.2, 0) is 20.1 Å². The molecular formula is C30H47NO5S2. The van der Waals surface area contributed by atoms with Crippen molar-refractivity contribution in [2.24, 2.45) is 5.14 Å². The third-order valence-corrected chi connectivity index (χ3v) is 9.58. The maximum absolute atomic E-state index is 12.8. The SMILES string of the molecule is CC(C)c1cc(C(C)C)c(S(N)(=O)=O)c(C(C)CCC(C)c2cc(C(C)C)cc(C(C)C)c2S(=O)(=O)O)c1. The summed E-state index contributed by atoms with van der Waals surface area (Å²) in [6.45, 7) is 20.0. The fourth-order valence-corrected chi connectivity index (χ4v) is 7.45. The van der Waals surface area contributed by atoms with Crippen LogP contribution in [0.2, 0.25) is 0 Å². The van der Waals surface area contributed by atoms with Gasteiger partial charge in [-0.1, -0.05) is 93.5 Å². The van der Waals surface area contributed by atoms with Crippen LogP contribution in [0.25, 0.3) is 0 Å². The van der Waals surface area contributed by atoms with Gasteiger partial charge in [-0.3, -0.25) is 4.55 Å². The molecule has 6 nitrogen and oxygen atoms in total. The van der Waals surface area contributed by atoms with Gasteiger partial charge in [-0.15, -0.1) is 0 Å². The number of hydrogen-bond donors (Lipinski definition) is 2. The van der Waals surface area contributed by atoms with E-state index in [2.05, 4.69) is 27.7 Å². The lowest BCUT2D eigenvalue weighted by atomic mass is 9.83. The highest BCUT2D eigenvalue weighted by atomic mass is 32.2. The van der Waals surface area contributed by atoms with Crippen molar-refractivity contribution in [3.8, 4) is 0 Å². The van der Waals surface area contributed by atoms with Gasteiger partial charge in [0, 0.05) is 0 Å². The zero-order chi connectivity index (χ0) is 29.3. The molecule has 0 aromatic heterocycles. The van der Waals surface area contributed by atoms with Crippen molar-refractivity contribution in [3.05, 3.63) is 57.6 Å². The Kier molecular flexibility index (Phi) is 10.4. The Morgan fingerprint density at radius 2 is 0.895 bits per heavy atom. The third kappa shape index (κ3) is 7.46. The minimum Gasteiger partial charge on any atom is -0.282 e. The Labute approximate surface area is 231 Å². The molecule has 2 rings (SSSR count). The van der Waals surface area contributed by atoms with E-state index < -0.39 is 20.1 Å². The fraction of sp³-hybridized carbons (Fsp3) is 0.600. The summed E-state index contributed by atoms with van der Waals surface area (Å²) in [5.74, 6) is 0.00433. The van der Waals surface area contributed by atoms with Crippen LogP contribution in [0.15, 0.2) is 34.1 Å². The molecule has 38 heavy (non-hydrogen) atoms. The number of benzene rings is 2. The Balaban J connectivity index is 2.60. The molecule has 0 radical (unpaired) electrons. The molecule has 0 amide bonds. The molecule has 2 aromatic rings. The molecule has 3 N–H and O–H groups in total. The standard InChI is InChI=1S/C30H47NO5S2/c1-17(2)23-13-25(19(5)6)29(37(31,32)33)27(15-23)21(9)11-12-22(10)28-16-24(18(3)4)14-26(20(7)8)30(28)38(34,35)36/h13-22H,11-12H2,1-10H3,(H2,31,32,33)(H,34,35,36). The lowest BCUT2D eigenvalue weighted by Gasteiger charge is -2.25. The maximum Gasteiger partial charge on any atom is 0.295 e. The summed E-state index contributed by atoms with van der Waals surface area (Å²) in [6.07, 6.45) is 1.23. The fourth-order valence-electron chi connectivity index (χ4n) is 5.09. The van der Waals surface area contributed by atoms with Crippen LogP contribution in [0.4, 0.5) is 0 Å². The molecule has 2 atom stereocenters. The van der Waals surface area contributed by atoms with Crippen molar-refractivity contribution in [2.75, 3.05) is 0 Å². The molecule has 2 aromatic carbocycles. The van der Waals surface area contributed by atoms with Gasteiger partial charge in [-0.2, -0.15) is 8.42 Å². The summed E-state index contributed by atoms with van der Waals surface area (Å²) >= 11 is 0. The van der Waals surface area contributed by atoms with Gasteiger partial charge in [0.1, 0.15) is 4.90 Å².